The molecule has 1 aliphatic carbocycles. The van der Waals surface area contributed by atoms with E-state index in [1.54, 1.807) is 0 Å². The van der Waals surface area contributed by atoms with Gasteiger partial charge in [0, 0.05) is 36.6 Å². The van der Waals surface area contributed by atoms with E-state index in [1.807, 2.05) is 11.8 Å². The van der Waals surface area contributed by atoms with Crippen molar-refractivity contribution in [1.82, 2.24) is 4.90 Å². The third-order valence-electron chi connectivity index (χ3n) is 3.99. The molecule has 2 rings (SSSR count). The Morgan fingerprint density at radius 1 is 1.06 bits per heavy atom. The quantitative estimate of drug-likeness (QED) is 0.559. The minimum Gasteiger partial charge on any atom is -0.303 e. The minimum absolute atomic E-state index is 0.00148. The van der Waals surface area contributed by atoms with E-state index in [9.17, 15) is 4.79 Å². The Bertz CT molecular complexity index is 218. The fraction of sp³-hybridized carbons (Fsp3) is 0.923. The Morgan fingerprint density at radius 3 is 2.25 bits per heavy atom. The number of thioether (sulfide) groups is 1. The molecule has 3 heteroatoms. The first-order valence-corrected chi connectivity index (χ1v) is 7.77. The summed E-state index contributed by atoms with van der Waals surface area (Å²) in [4.78, 5) is 14.0. The molecule has 1 aliphatic heterocycles. The molecule has 2 nitrogen and oxygen atoms in total. The third-order valence-corrected chi connectivity index (χ3v) is 4.93. The molecule has 0 atom stereocenters. The van der Waals surface area contributed by atoms with Crippen molar-refractivity contribution in [2.45, 2.75) is 38.5 Å². The van der Waals surface area contributed by atoms with Crippen molar-refractivity contribution in [2.75, 3.05) is 31.1 Å². The van der Waals surface area contributed by atoms with E-state index >= 15 is 0 Å². The van der Waals surface area contributed by atoms with Crippen LogP contribution in [-0.2, 0) is 4.79 Å². The van der Waals surface area contributed by atoms with Crippen LogP contribution in [0.25, 0.3) is 0 Å². The zero-order valence-electron chi connectivity index (χ0n) is 10.1. The Balaban J connectivity index is 1.93. The van der Waals surface area contributed by atoms with Crippen LogP contribution in [0.4, 0.5) is 0 Å². The molecule has 0 aromatic heterocycles. The van der Waals surface area contributed by atoms with Crippen LogP contribution >= 0.6 is 11.8 Å². The number of carbonyl (C=O) groups excluding carboxylic acids is 1. The Kier molecular flexibility index (Phi) is 4.71. The van der Waals surface area contributed by atoms with Crippen LogP contribution in [0.15, 0.2) is 0 Å². The maximum atomic E-state index is 11.5. The van der Waals surface area contributed by atoms with Gasteiger partial charge in [-0.25, -0.2) is 0 Å². The van der Waals surface area contributed by atoms with Crippen molar-refractivity contribution in [2.24, 2.45) is 5.41 Å². The van der Waals surface area contributed by atoms with Crippen LogP contribution in [0.5, 0.6) is 0 Å². The summed E-state index contributed by atoms with van der Waals surface area (Å²) >= 11 is 2.04. The van der Waals surface area contributed by atoms with E-state index < -0.39 is 0 Å². The first-order chi connectivity index (χ1) is 7.85. The molecule has 2 aliphatic rings. The molecule has 92 valence electrons. The Morgan fingerprint density at radius 2 is 1.69 bits per heavy atom. The average molecular weight is 241 g/mol. The van der Waals surface area contributed by atoms with Crippen molar-refractivity contribution in [3.05, 3.63) is 0 Å². The van der Waals surface area contributed by atoms with Crippen LogP contribution in [0.2, 0.25) is 0 Å². The van der Waals surface area contributed by atoms with Gasteiger partial charge in [0.05, 0.1) is 0 Å². The standard InChI is InChI=1S/C13H23NOS/c15-12-13(5-3-1-2-4-6-13)11-14-7-9-16-10-8-14/h12H,1-11H2. The highest BCUT2D eigenvalue weighted by molar-refractivity contribution is 7.99. The monoisotopic (exact) mass is 241 g/mol. The molecule has 2 fully saturated rings. The summed E-state index contributed by atoms with van der Waals surface area (Å²) in [7, 11) is 0. The van der Waals surface area contributed by atoms with Gasteiger partial charge in [0.15, 0.2) is 0 Å². The normalized spacial score (nSPS) is 27.2. The van der Waals surface area contributed by atoms with Crippen molar-refractivity contribution in [3.8, 4) is 0 Å². The number of nitrogens with zero attached hydrogens (tertiary/aromatic N) is 1. The van der Waals surface area contributed by atoms with Gasteiger partial charge in [0.2, 0.25) is 0 Å². The number of hydrogen-bond acceptors (Lipinski definition) is 3. The summed E-state index contributed by atoms with van der Waals surface area (Å²) < 4.78 is 0. The molecule has 1 saturated carbocycles. The number of rotatable bonds is 3. The lowest BCUT2D eigenvalue weighted by molar-refractivity contribution is -0.118. The highest BCUT2D eigenvalue weighted by atomic mass is 32.2. The maximum absolute atomic E-state index is 11.5. The Labute approximate surface area is 103 Å². The minimum atomic E-state index is -0.00148. The topological polar surface area (TPSA) is 20.3 Å². The van der Waals surface area contributed by atoms with Crippen LogP contribution in [0.1, 0.15) is 38.5 Å². The summed E-state index contributed by atoms with van der Waals surface area (Å²) in [5, 5.41) is 0. The molecule has 0 N–H and O–H groups in total. The lowest BCUT2D eigenvalue weighted by Gasteiger charge is -2.35. The smallest absolute Gasteiger partial charge is 0.127 e. The fourth-order valence-corrected chi connectivity index (χ4v) is 3.93. The van der Waals surface area contributed by atoms with Crippen molar-refractivity contribution in [1.29, 1.82) is 0 Å². The summed E-state index contributed by atoms with van der Waals surface area (Å²) in [5.41, 5.74) is -0.00148. The van der Waals surface area contributed by atoms with Gasteiger partial charge >= 0.3 is 0 Å². The molecule has 1 saturated heterocycles. The largest absolute Gasteiger partial charge is 0.303 e. The second-order valence-electron chi connectivity index (χ2n) is 5.28. The van der Waals surface area contributed by atoms with Crippen LogP contribution in [0.3, 0.4) is 0 Å². The summed E-state index contributed by atoms with van der Waals surface area (Å²) in [6.45, 7) is 3.39. The lowest BCUT2D eigenvalue weighted by atomic mass is 9.81. The molecule has 16 heavy (non-hydrogen) atoms. The molecule has 0 aromatic rings. The van der Waals surface area contributed by atoms with E-state index in [2.05, 4.69) is 4.90 Å². The van der Waals surface area contributed by atoms with Crippen molar-refractivity contribution >= 4 is 18.0 Å². The summed E-state index contributed by atoms with van der Waals surface area (Å²) in [6, 6.07) is 0. The van der Waals surface area contributed by atoms with Crippen molar-refractivity contribution < 1.29 is 4.79 Å². The fourth-order valence-electron chi connectivity index (χ4n) is 2.95. The second kappa shape index (κ2) is 6.06. The first-order valence-electron chi connectivity index (χ1n) is 6.61. The van der Waals surface area contributed by atoms with E-state index in [0.29, 0.717) is 0 Å². The van der Waals surface area contributed by atoms with Gasteiger partial charge in [-0.3, -0.25) is 0 Å². The number of aldehydes is 1. The van der Waals surface area contributed by atoms with E-state index in [0.717, 1.165) is 19.4 Å². The van der Waals surface area contributed by atoms with Gasteiger partial charge in [-0.05, 0) is 12.8 Å². The molecule has 0 bridgehead atoms. The van der Waals surface area contributed by atoms with Crippen LogP contribution < -0.4 is 0 Å². The third kappa shape index (κ3) is 3.24. The SMILES string of the molecule is O=CC1(CN2CCSCC2)CCCCCC1. The van der Waals surface area contributed by atoms with Crippen LogP contribution in [-0.4, -0.2) is 42.3 Å². The molecule has 0 radical (unpaired) electrons. The van der Waals surface area contributed by atoms with Gasteiger partial charge in [0.25, 0.3) is 0 Å². The number of hydrogen-bond donors (Lipinski definition) is 0. The predicted molar refractivity (Wildman–Crippen MR) is 70.0 cm³/mol. The molecule has 0 unspecified atom stereocenters. The second-order valence-corrected chi connectivity index (χ2v) is 6.51. The molecular weight excluding hydrogens is 218 g/mol. The average Bonchev–Trinajstić information content (AvgIpc) is 2.57. The molecule has 0 aromatic carbocycles. The van der Waals surface area contributed by atoms with Crippen molar-refractivity contribution in [3.63, 3.8) is 0 Å². The zero-order valence-corrected chi connectivity index (χ0v) is 10.9. The van der Waals surface area contributed by atoms with Gasteiger partial charge in [-0.15, -0.1) is 0 Å². The molecule has 0 amide bonds. The predicted octanol–water partition coefficient (Wildman–Crippen LogP) is 2.57. The highest BCUT2D eigenvalue weighted by Crippen LogP contribution is 2.34. The molecular formula is C13H23NOS. The molecule has 1 heterocycles. The Hall–Kier alpha value is -0.0200. The highest BCUT2D eigenvalue weighted by Gasteiger charge is 2.32. The summed E-state index contributed by atoms with van der Waals surface area (Å²) in [5.74, 6) is 2.49. The first kappa shape index (κ1) is 12.4. The maximum Gasteiger partial charge on any atom is 0.127 e. The van der Waals surface area contributed by atoms with Gasteiger partial charge in [-0.2, -0.15) is 11.8 Å². The zero-order chi connectivity index (χ0) is 11.3. The lowest BCUT2D eigenvalue weighted by Crippen LogP contribution is -2.42. The molecule has 0 spiro atoms. The number of carbonyl (C=O) groups is 1. The van der Waals surface area contributed by atoms with Gasteiger partial charge < -0.3 is 9.69 Å². The van der Waals surface area contributed by atoms with Gasteiger partial charge in [0.1, 0.15) is 6.29 Å². The van der Waals surface area contributed by atoms with E-state index in [1.165, 1.54) is 56.6 Å². The van der Waals surface area contributed by atoms with Gasteiger partial charge in [-0.1, -0.05) is 25.7 Å². The van der Waals surface area contributed by atoms with Crippen LogP contribution in [0, 0.1) is 5.41 Å². The van der Waals surface area contributed by atoms with E-state index in [4.69, 9.17) is 0 Å². The summed E-state index contributed by atoms with van der Waals surface area (Å²) in [6.07, 6.45) is 8.68. The van der Waals surface area contributed by atoms with E-state index in [-0.39, 0.29) is 5.41 Å².